The molecule has 2 N–H and O–H groups in total. The normalized spacial score (nSPS) is 14.0. The predicted octanol–water partition coefficient (Wildman–Crippen LogP) is 3.80. The third kappa shape index (κ3) is 3.06. The molecule has 2 aromatic heterocycles. The fourth-order valence-corrected chi connectivity index (χ4v) is 3.35. The van der Waals surface area contributed by atoms with Gasteiger partial charge < -0.3 is 10.3 Å². The Morgan fingerprint density at radius 2 is 2.00 bits per heavy atom. The summed E-state index contributed by atoms with van der Waals surface area (Å²) in [6.07, 6.45) is 4.59. The maximum atomic E-state index is 6.41. The van der Waals surface area contributed by atoms with Crippen molar-refractivity contribution in [2.24, 2.45) is 5.73 Å². The molecule has 0 saturated heterocycles. The molecule has 0 saturated carbocycles. The van der Waals surface area contributed by atoms with Gasteiger partial charge in [-0.1, -0.05) is 36.4 Å². The predicted molar refractivity (Wildman–Crippen MR) is 87.4 cm³/mol. The second kappa shape index (κ2) is 6.24. The average molecular weight is 297 g/mol. The number of nitrogens with two attached hydrogens (primary N) is 1. The summed E-state index contributed by atoms with van der Waals surface area (Å²) in [6.45, 7) is 2.19. The fraction of sp³-hybridized carbons (Fsp3) is 0.235. The van der Waals surface area contributed by atoms with E-state index in [1.165, 1.54) is 10.4 Å². The smallest absolute Gasteiger partial charge is 0.0954 e. The van der Waals surface area contributed by atoms with Crippen molar-refractivity contribution in [2.45, 2.75) is 25.4 Å². The lowest BCUT2D eigenvalue weighted by atomic mass is 10.0. The zero-order chi connectivity index (χ0) is 14.7. The van der Waals surface area contributed by atoms with E-state index in [-0.39, 0.29) is 12.1 Å². The third-order valence-electron chi connectivity index (χ3n) is 3.75. The lowest BCUT2D eigenvalue weighted by Crippen LogP contribution is -2.19. The Bertz CT molecular complexity index is 673. The minimum absolute atomic E-state index is 0.0442. The van der Waals surface area contributed by atoms with E-state index in [1.807, 2.05) is 30.7 Å². The van der Waals surface area contributed by atoms with Gasteiger partial charge >= 0.3 is 0 Å². The average Bonchev–Trinajstić information content (AvgIpc) is 3.19. The first kappa shape index (κ1) is 14.0. The molecule has 0 spiro atoms. The van der Waals surface area contributed by atoms with Crippen molar-refractivity contribution in [3.8, 4) is 0 Å². The van der Waals surface area contributed by atoms with Crippen LogP contribution < -0.4 is 5.73 Å². The molecule has 21 heavy (non-hydrogen) atoms. The fourth-order valence-electron chi connectivity index (χ4n) is 2.56. The van der Waals surface area contributed by atoms with Crippen LogP contribution in [0.15, 0.2) is 60.4 Å². The van der Waals surface area contributed by atoms with Crippen LogP contribution in [0.1, 0.15) is 35.1 Å². The Morgan fingerprint density at radius 3 is 2.71 bits per heavy atom. The first-order valence-electron chi connectivity index (χ1n) is 7.10. The van der Waals surface area contributed by atoms with Crippen molar-refractivity contribution in [1.29, 1.82) is 0 Å². The van der Waals surface area contributed by atoms with Gasteiger partial charge in [0.2, 0.25) is 0 Å². The molecule has 1 unspecified atom stereocenters. The van der Waals surface area contributed by atoms with Gasteiger partial charge in [-0.3, -0.25) is 0 Å². The number of imidazole rings is 1. The highest BCUT2D eigenvalue weighted by Crippen LogP contribution is 2.26. The van der Waals surface area contributed by atoms with Gasteiger partial charge in [0, 0.05) is 11.1 Å². The molecule has 0 bridgehead atoms. The van der Waals surface area contributed by atoms with Crippen LogP contribution in [0.2, 0.25) is 0 Å². The Kier molecular flexibility index (Phi) is 4.18. The van der Waals surface area contributed by atoms with Gasteiger partial charge in [-0.25, -0.2) is 4.98 Å². The molecule has 4 heteroatoms. The standard InChI is InChI=1S/C17H19N3S/c1-13(17-8-5-9-21-17)20-12-19-11-16(20)15(18)10-14-6-3-2-4-7-14/h2-9,11-13,15H,10,18H2,1H3/t13?,15-/m1/s1. The topological polar surface area (TPSA) is 43.8 Å². The van der Waals surface area contributed by atoms with Crippen LogP contribution in [0.4, 0.5) is 0 Å². The Labute approximate surface area is 129 Å². The first-order valence-corrected chi connectivity index (χ1v) is 7.98. The zero-order valence-electron chi connectivity index (χ0n) is 12.0. The molecule has 2 heterocycles. The number of nitrogens with zero attached hydrogens (tertiary/aromatic N) is 2. The van der Waals surface area contributed by atoms with E-state index in [1.54, 1.807) is 11.3 Å². The molecule has 2 atom stereocenters. The summed E-state index contributed by atoms with van der Waals surface area (Å²) in [5.74, 6) is 0. The molecule has 3 rings (SSSR count). The highest BCUT2D eigenvalue weighted by atomic mass is 32.1. The molecule has 0 aliphatic carbocycles. The summed E-state index contributed by atoms with van der Waals surface area (Å²) in [5.41, 5.74) is 8.74. The summed E-state index contributed by atoms with van der Waals surface area (Å²) < 4.78 is 2.18. The largest absolute Gasteiger partial charge is 0.325 e. The molecule has 0 fully saturated rings. The Hall–Kier alpha value is -1.91. The summed E-state index contributed by atoms with van der Waals surface area (Å²) in [7, 11) is 0. The molecule has 3 aromatic rings. The maximum absolute atomic E-state index is 6.41. The van der Waals surface area contributed by atoms with Crippen molar-refractivity contribution in [1.82, 2.24) is 9.55 Å². The van der Waals surface area contributed by atoms with E-state index in [2.05, 4.69) is 46.1 Å². The van der Waals surface area contributed by atoms with Crippen molar-refractivity contribution < 1.29 is 0 Å². The van der Waals surface area contributed by atoms with Gasteiger partial charge in [-0.05, 0) is 30.4 Å². The van der Waals surface area contributed by atoms with E-state index >= 15 is 0 Å². The number of benzene rings is 1. The van der Waals surface area contributed by atoms with Gasteiger partial charge in [0.1, 0.15) is 0 Å². The van der Waals surface area contributed by atoms with E-state index in [9.17, 15) is 0 Å². The number of aromatic nitrogens is 2. The Morgan fingerprint density at radius 1 is 1.19 bits per heavy atom. The van der Waals surface area contributed by atoms with Crippen LogP contribution >= 0.6 is 11.3 Å². The highest BCUT2D eigenvalue weighted by molar-refractivity contribution is 7.10. The van der Waals surface area contributed by atoms with Gasteiger partial charge in [0.05, 0.1) is 24.1 Å². The summed E-state index contributed by atoms with van der Waals surface area (Å²) in [5, 5.41) is 2.10. The van der Waals surface area contributed by atoms with Crippen LogP contribution in [0.25, 0.3) is 0 Å². The number of hydrogen-bond acceptors (Lipinski definition) is 3. The minimum atomic E-state index is -0.0442. The lowest BCUT2D eigenvalue weighted by Gasteiger charge is -2.19. The van der Waals surface area contributed by atoms with Gasteiger partial charge in [0.25, 0.3) is 0 Å². The molecular weight excluding hydrogens is 278 g/mol. The van der Waals surface area contributed by atoms with Gasteiger partial charge in [-0.15, -0.1) is 11.3 Å². The monoisotopic (exact) mass is 297 g/mol. The van der Waals surface area contributed by atoms with Crippen LogP contribution in [0, 0.1) is 0 Å². The minimum Gasteiger partial charge on any atom is -0.325 e. The molecule has 0 aliphatic rings. The highest BCUT2D eigenvalue weighted by Gasteiger charge is 2.17. The van der Waals surface area contributed by atoms with Gasteiger partial charge in [-0.2, -0.15) is 0 Å². The number of thiophene rings is 1. The molecule has 0 amide bonds. The number of hydrogen-bond donors (Lipinski definition) is 1. The number of rotatable bonds is 5. The molecule has 1 aromatic carbocycles. The van der Waals surface area contributed by atoms with Crippen LogP contribution in [0.5, 0.6) is 0 Å². The first-order chi connectivity index (χ1) is 10.3. The molecule has 108 valence electrons. The maximum Gasteiger partial charge on any atom is 0.0954 e. The lowest BCUT2D eigenvalue weighted by molar-refractivity contribution is 0.570. The molecule has 0 radical (unpaired) electrons. The summed E-state index contributed by atoms with van der Waals surface area (Å²) in [6, 6.07) is 14.8. The summed E-state index contributed by atoms with van der Waals surface area (Å²) >= 11 is 1.76. The van der Waals surface area contributed by atoms with Crippen molar-refractivity contribution in [2.75, 3.05) is 0 Å². The van der Waals surface area contributed by atoms with E-state index < -0.39 is 0 Å². The van der Waals surface area contributed by atoms with Crippen LogP contribution in [0.3, 0.4) is 0 Å². The Balaban J connectivity index is 1.82. The van der Waals surface area contributed by atoms with E-state index in [0.29, 0.717) is 0 Å². The van der Waals surface area contributed by atoms with Crippen molar-refractivity contribution in [3.05, 3.63) is 76.5 Å². The second-order valence-corrected chi connectivity index (χ2v) is 6.19. The van der Waals surface area contributed by atoms with E-state index in [4.69, 9.17) is 5.73 Å². The molecule has 3 nitrogen and oxygen atoms in total. The quantitative estimate of drug-likeness (QED) is 0.778. The summed E-state index contributed by atoms with van der Waals surface area (Å²) in [4.78, 5) is 5.62. The van der Waals surface area contributed by atoms with Crippen molar-refractivity contribution in [3.63, 3.8) is 0 Å². The molecular formula is C17H19N3S. The van der Waals surface area contributed by atoms with Crippen LogP contribution in [-0.2, 0) is 6.42 Å². The van der Waals surface area contributed by atoms with Crippen LogP contribution in [-0.4, -0.2) is 9.55 Å². The zero-order valence-corrected chi connectivity index (χ0v) is 12.8. The van der Waals surface area contributed by atoms with Gasteiger partial charge in [0.15, 0.2) is 0 Å². The second-order valence-electron chi connectivity index (χ2n) is 5.21. The molecule has 0 aliphatic heterocycles. The van der Waals surface area contributed by atoms with Crippen molar-refractivity contribution >= 4 is 11.3 Å². The third-order valence-corrected chi connectivity index (χ3v) is 4.79. The SMILES string of the molecule is CC(c1cccs1)n1cncc1[C@H](N)Cc1ccccc1. The van der Waals surface area contributed by atoms with E-state index in [0.717, 1.165) is 12.1 Å².